The summed E-state index contributed by atoms with van der Waals surface area (Å²) in [5.74, 6) is -2.13. The molecule has 0 aromatic heterocycles. The highest BCUT2D eigenvalue weighted by Gasteiger charge is 2.23. The van der Waals surface area contributed by atoms with Crippen molar-refractivity contribution >= 4 is 15.9 Å². The van der Waals surface area contributed by atoms with Crippen molar-refractivity contribution in [1.29, 1.82) is 0 Å². The van der Waals surface area contributed by atoms with Crippen LogP contribution >= 0.6 is 0 Å². The molecule has 0 saturated carbocycles. The second-order valence-electron chi connectivity index (χ2n) is 5.55. The predicted molar refractivity (Wildman–Crippen MR) is 89.1 cm³/mol. The van der Waals surface area contributed by atoms with Crippen molar-refractivity contribution in [3.05, 3.63) is 65.7 Å². The summed E-state index contributed by atoms with van der Waals surface area (Å²) in [7, 11) is -3.85. The molecule has 0 aliphatic rings. The van der Waals surface area contributed by atoms with E-state index in [1.807, 2.05) is 0 Å². The van der Waals surface area contributed by atoms with Gasteiger partial charge in [0.25, 0.3) is 0 Å². The summed E-state index contributed by atoms with van der Waals surface area (Å²) in [6, 6.07) is 8.84. The second kappa shape index (κ2) is 7.71. The highest BCUT2D eigenvalue weighted by molar-refractivity contribution is 7.89. The molecule has 25 heavy (non-hydrogen) atoms. The Bertz CT molecular complexity index is 857. The van der Waals surface area contributed by atoms with Crippen LogP contribution < -0.4 is 10.0 Å². The average Bonchev–Trinajstić information content (AvgIpc) is 2.55. The van der Waals surface area contributed by atoms with Gasteiger partial charge in [-0.1, -0.05) is 24.3 Å². The first kappa shape index (κ1) is 19.0. The predicted octanol–water partition coefficient (Wildman–Crippen LogP) is 2.51. The Morgan fingerprint density at radius 2 is 1.68 bits per heavy atom. The lowest BCUT2D eigenvalue weighted by Gasteiger charge is -2.19. The molecular weight excluding hydrogens is 350 g/mol. The summed E-state index contributed by atoms with van der Waals surface area (Å²) in [5.41, 5.74) is 0.105. The third kappa shape index (κ3) is 4.83. The summed E-state index contributed by atoms with van der Waals surface area (Å²) in [6.07, 6.45) is 0. The molecule has 1 amide bonds. The first-order valence-corrected chi connectivity index (χ1v) is 9.01. The van der Waals surface area contributed by atoms with Crippen LogP contribution in [0.2, 0.25) is 0 Å². The van der Waals surface area contributed by atoms with Gasteiger partial charge in [-0.05, 0) is 32.0 Å². The number of hydrogen-bond acceptors (Lipinski definition) is 3. The van der Waals surface area contributed by atoms with Crippen LogP contribution in [0.4, 0.5) is 8.78 Å². The van der Waals surface area contributed by atoms with E-state index < -0.39 is 39.6 Å². The summed E-state index contributed by atoms with van der Waals surface area (Å²) >= 11 is 0. The van der Waals surface area contributed by atoms with E-state index in [-0.39, 0.29) is 10.5 Å². The zero-order chi connectivity index (χ0) is 18.6. The fourth-order valence-electron chi connectivity index (χ4n) is 2.22. The van der Waals surface area contributed by atoms with E-state index in [1.54, 1.807) is 18.2 Å². The maximum atomic E-state index is 13.7. The Morgan fingerprint density at radius 1 is 1.04 bits per heavy atom. The van der Waals surface area contributed by atoms with Gasteiger partial charge in [-0.2, -0.15) is 4.72 Å². The standard InChI is InChI=1S/C17H18F2N2O3S/c1-11(15-9-8-13(18)10-16(15)19)20-17(22)12(2)21-25(23,24)14-6-4-3-5-7-14/h3-12,21H,1-2H3,(H,20,22). The summed E-state index contributed by atoms with van der Waals surface area (Å²) in [5, 5.41) is 2.50. The molecule has 0 aliphatic carbocycles. The van der Waals surface area contributed by atoms with Gasteiger partial charge in [0.1, 0.15) is 11.6 Å². The lowest BCUT2D eigenvalue weighted by Crippen LogP contribution is -2.45. The van der Waals surface area contributed by atoms with E-state index >= 15 is 0 Å². The van der Waals surface area contributed by atoms with Crippen LogP contribution in [0.1, 0.15) is 25.5 Å². The van der Waals surface area contributed by atoms with Crippen LogP contribution in [0.15, 0.2) is 53.4 Å². The first-order valence-electron chi connectivity index (χ1n) is 7.53. The van der Waals surface area contributed by atoms with Gasteiger partial charge >= 0.3 is 0 Å². The Hall–Kier alpha value is -2.32. The molecule has 0 bridgehead atoms. The molecule has 0 heterocycles. The van der Waals surface area contributed by atoms with Crippen molar-refractivity contribution in [3.8, 4) is 0 Å². The topological polar surface area (TPSA) is 75.3 Å². The number of sulfonamides is 1. The van der Waals surface area contributed by atoms with Gasteiger partial charge in [-0.15, -0.1) is 0 Å². The molecule has 2 aromatic carbocycles. The van der Waals surface area contributed by atoms with E-state index in [4.69, 9.17) is 0 Å². The van der Waals surface area contributed by atoms with Crippen LogP contribution in [0, 0.1) is 11.6 Å². The van der Waals surface area contributed by atoms with Crippen LogP contribution in [-0.2, 0) is 14.8 Å². The quantitative estimate of drug-likeness (QED) is 0.823. The van der Waals surface area contributed by atoms with Crippen molar-refractivity contribution in [2.24, 2.45) is 0 Å². The van der Waals surface area contributed by atoms with E-state index in [0.29, 0.717) is 0 Å². The molecule has 0 spiro atoms. The Morgan fingerprint density at radius 3 is 2.28 bits per heavy atom. The number of carbonyl (C=O) groups is 1. The van der Waals surface area contributed by atoms with Crippen molar-refractivity contribution in [1.82, 2.24) is 10.0 Å². The number of benzene rings is 2. The maximum Gasteiger partial charge on any atom is 0.241 e. The monoisotopic (exact) mass is 368 g/mol. The minimum absolute atomic E-state index is 0.0345. The van der Waals surface area contributed by atoms with Gasteiger partial charge in [0.2, 0.25) is 15.9 Å². The van der Waals surface area contributed by atoms with Crippen LogP contribution in [0.5, 0.6) is 0 Å². The van der Waals surface area contributed by atoms with Gasteiger partial charge in [0, 0.05) is 11.6 Å². The van der Waals surface area contributed by atoms with Gasteiger partial charge in [0.15, 0.2) is 0 Å². The Kier molecular flexibility index (Phi) is 5.86. The van der Waals surface area contributed by atoms with Gasteiger partial charge in [0.05, 0.1) is 17.0 Å². The molecule has 0 aliphatic heterocycles. The molecule has 2 rings (SSSR count). The summed E-state index contributed by atoms with van der Waals surface area (Å²) in [6.45, 7) is 2.90. The normalized spacial score (nSPS) is 13.9. The molecule has 2 unspecified atom stereocenters. The van der Waals surface area contributed by atoms with E-state index in [1.165, 1.54) is 32.0 Å². The van der Waals surface area contributed by atoms with Crippen molar-refractivity contribution in [2.75, 3.05) is 0 Å². The van der Waals surface area contributed by atoms with Crippen LogP contribution in [0.25, 0.3) is 0 Å². The minimum Gasteiger partial charge on any atom is -0.348 e. The average molecular weight is 368 g/mol. The zero-order valence-electron chi connectivity index (χ0n) is 13.7. The lowest BCUT2D eigenvalue weighted by atomic mass is 10.1. The van der Waals surface area contributed by atoms with Crippen molar-refractivity contribution < 1.29 is 22.0 Å². The number of rotatable bonds is 6. The van der Waals surface area contributed by atoms with Gasteiger partial charge in [-0.3, -0.25) is 4.79 Å². The van der Waals surface area contributed by atoms with Gasteiger partial charge in [-0.25, -0.2) is 17.2 Å². The number of halogens is 2. The molecule has 5 nitrogen and oxygen atoms in total. The second-order valence-corrected chi connectivity index (χ2v) is 7.27. The number of amides is 1. The number of nitrogens with one attached hydrogen (secondary N) is 2. The SMILES string of the molecule is CC(NS(=O)(=O)c1ccccc1)C(=O)NC(C)c1ccc(F)cc1F. The smallest absolute Gasteiger partial charge is 0.241 e. The van der Waals surface area contributed by atoms with E-state index in [0.717, 1.165) is 12.1 Å². The molecule has 8 heteroatoms. The fraction of sp³-hybridized carbons (Fsp3) is 0.235. The molecule has 0 radical (unpaired) electrons. The molecule has 2 N–H and O–H groups in total. The lowest BCUT2D eigenvalue weighted by molar-refractivity contribution is -0.123. The van der Waals surface area contributed by atoms with Gasteiger partial charge < -0.3 is 5.32 Å². The Labute approximate surface area is 145 Å². The largest absolute Gasteiger partial charge is 0.348 e. The van der Waals surface area contributed by atoms with Crippen LogP contribution in [0.3, 0.4) is 0 Å². The van der Waals surface area contributed by atoms with Crippen molar-refractivity contribution in [3.63, 3.8) is 0 Å². The third-order valence-electron chi connectivity index (χ3n) is 3.57. The fourth-order valence-corrected chi connectivity index (χ4v) is 3.45. The molecule has 134 valence electrons. The molecule has 0 fully saturated rings. The summed E-state index contributed by atoms with van der Waals surface area (Å²) < 4.78 is 53.3. The van der Waals surface area contributed by atoms with Crippen LogP contribution in [-0.4, -0.2) is 20.4 Å². The minimum atomic E-state index is -3.85. The number of hydrogen-bond donors (Lipinski definition) is 2. The van der Waals surface area contributed by atoms with E-state index in [9.17, 15) is 22.0 Å². The summed E-state index contributed by atoms with van der Waals surface area (Å²) in [4.78, 5) is 12.2. The molecule has 2 atom stereocenters. The first-order chi connectivity index (χ1) is 11.7. The highest BCUT2D eigenvalue weighted by Crippen LogP contribution is 2.18. The highest BCUT2D eigenvalue weighted by atomic mass is 32.2. The number of carbonyl (C=O) groups excluding carboxylic acids is 1. The zero-order valence-corrected chi connectivity index (χ0v) is 14.5. The van der Waals surface area contributed by atoms with E-state index in [2.05, 4.69) is 10.0 Å². The Balaban J connectivity index is 2.05. The third-order valence-corrected chi connectivity index (χ3v) is 5.12. The molecular formula is C17H18F2N2O3S. The maximum absolute atomic E-state index is 13.7. The molecule has 0 saturated heterocycles. The molecule has 2 aromatic rings. The van der Waals surface area contributed by atoms with Crippen molar-refractivity contribution in [2.45, 2.75) is 30.8 Å².